The van der Waals surface area contributed by atoms with Crippen molar-refractivity contribution >= 4 is 34.8 Å². The zero-order chi connectivity index (χ0) is 13.4. The molecule has 96 valence electrons. The van der Waals surface area contributed by atoms with Gasteiger partial charge in [0, 0.05) is 21.3 Å². The number of benzene rings is 2. The zero-order valence-electron chi connectivity index (χ0n) is 9.78. The number of para-hydroxylation sites is 1. The van der Waals surface area contributed by atoms with Crippen LogP contribution in [0.2, 0.25) is 10.0 Å². The van der Waals surface area contributed by atoms with Gasteiger partial charge < -0.3 is 10.6 Å². The van der Waals surface area contributed by atoms with Crippen LogP contribution in [0.15, 0.2) is 42.5 Å². The third kappa shape index (κ3) is 2.15. The molecule has 1 aliphatic rings. The molecule has 0 aliphatic carbocycles. The number of hydrogen-bond donors (Lipinski definition) is 2. The highest BCUT2D eigenvalue weighted by Gasteiger charge is 2.26. The Balaban J connectivity index is 2.04. The second-order valence-corrected chi connectivity index (χ2v) is 5.05. The molecule has 2 aromatic carbocycles. The highest BCUT2D eigenvalue weighted by Crippen LogP contribution is 2.34. The van der Waals surface area contributed by atoms with E-state index in [4.69, 9.17) is 23.2 Å². The minimum atomic E-state index is -0.427. The first-order chi connectivity index (χ1) is 9.16. The van der Waals surface area contributed by atoms with Gasteiger partial charge in [-0.05, 0) is 24.3 Å². The number of nitrogens with one attached hydrogen (secondary N) is 2. The van der Waals surface area contributed by atoms with E-state index in [1.165, 1.54) is 0 Å². The van der Waals surface area contributed by atoms with Crippen LogP contribution in [0.3, 0.4) is 0 Å². The van der Waals surface area contributed by atoms with E-state index in [9.17, 15) is 4.79 Å². The fraction of sp³-hybridized carbons (Fsp3) is 0.0714. The molecule has 2 aromatic rings. The second-order valence-electron chi connectivity index (χ2n) is 4.23. The van der Waals surface area contributed by atoms with E-state index in [2.05, 4.69) is 10.6 Å². The number of anilines is 1. The molecule has 3 rings (SSSR count). The van der Waals surface area contributed by atoms with Crippen molar-refractivity contribution in [1.29, 1.82) is 0 Å². The number of carbonyl (C=O) groups is 1. The molecule has 2 N–H and O–H groups in total. The van der Waals surface area contributed by atoms with Crippen LogP contribution in [-0.2, 0) is 0 Å². The molecule has 0 unspecified atom stereocenters. The molecule has 1 heterocycles. The second kappa shape index (κ2) is 4.76. The van der Waals surface area contributed by atoms with E-state index < -0.39 is 6.17 Å². The predicted octanol–water partition coefficient (Wildman–Crippen LogP) is 3.85. The summed E-state index contributed by atoms with van der Waals surface area (Å²) < 4.78 is 0. The average molecular weight is 293 g/mol. The SMILES string of the molecule is O=C1N[C@@H](c2c(Cl)cccc2Cl)Nc2ccccc21. The molecule has 1 aliphatic heterocycles. The van der Waals surface area contributed by atoms with Crippen LogP contribution in [0, 0.1) is 0 Å². The highest BCUT2D eigenvalue weighted by atomic mass is 35.5. The third-order valence-corrected chi connectivity index (χ3v) is 3.69. The van der Waals surface area contributed by atoms with Crippen molar-refractivity contribution in [2.24, 2.45) is 0 Å². The highest BCUT2D eigenvalue weighted by molar-refractivity contribution is 6.36. The lowest BCUT2D eigenvalue weighted by Crippen LogP contribution is -2.38. The van der Waals surface area contributed by atoms with Gasteiger partial charge in [-0.2, -0.15) is 0 Å². The molecule has 0 bridgehead atoms. The van der Waals surface area contributed by atoms with Crippen molar-refractivity contribution in [3.8, 4) is 0 Å². The molecule has 0 saturated carbocycles. The van der Waals surface area contributed by atoms with E-state index in [-0.39, 0.29) is 5.91 Å². The van der Waals surface area contributed by atoms with Crippen LogP contribution in [0.5, 0.6) is 0 Å². The van der Waals surface area contributed by atoms with E-state index >= 15 is 0 Å². The summed E-state index contributed by atoms with van der Waals surface area (Å²) >= 11 is 12.3. The first-order valence-corrected chi connectivity index (χ1v) is 6.53. The topological polar surface area (TPSA) is 41.1 Å². The van der Waals surface area contributed by atoms with E-state index in [1.807, 2.05) is 18.2 Å². The minimum Gasteiger partial charge on any atom is -0.361 e. The molecular formula is C14H10Cl2N2O. The molecule has 3 nitrogen and oxygen atoms in total. The maximum atomic E-state index is 12.1. The Hall–Kier alpha value is -1.71. The number of halogens is 2. The van der Waals surface area contributed by atoms with E-state index in [0.717, 1.165) is 5.69 Å². The van der Waals surface area contributed by atoms with Crippen molar-refractivity contribution in [3.05, 3.63) is 63.6 Å². The fourth-order valence-electron chi connectivity index (χ4n) is 2.14. The van der Waals surface area contributed by atoms with Crippen LogP contribution in [0.4, 0.5) is 5.69 Å². The van der Waals surface area contributed by atoms with Crippen molar-refractivity contribution in [1.82, 2.24) is 5.32 Å². The lowest BCUT2D eigenvalue weighted by atomic mass is 10.1. The maximum absolute atomic E-state index is 12.1. The summed E-state index contributed by atoms with van der Waals surface area (Å²) in [5, 5.41) is 7.11. The lowest BCUT2D eigenvalue weighted by molar-refractivity contribution is 0.0936. The molecule has 0 spiro atoms. The van der Waals surface area contributed by atoms with Crippen molar-refractivity contribution in [2.45, 2.75) is 6.17 Å². The van der Waals surface area contributed by atoms with Gasteiger partial charge in [-0.15, -0.1) is 0 Å². The normalized spacial score (nSPS) is 17.4. The lowest BCUT2D eigenvalue weighted by Gasteiger charge is -2.29. The summed E-state index contributed by atoms with van der Waals surface area (Å²) in [6.07, 6.45) is -0.427. The Labute approximate surface area is 120 Å². The Kier molecular flexibility index (Phi) is 3.09. The zero-order valence-corrected chi connectivity index (χ0v) is 11.3. The van der Waals surface area contributed by atoms with Gasteiger partial charge >= 0.3 is 0 Å². The van der Waals surface area contributed by atoms with Crippen LogP contribution in [0.25, 0.3) is 0 Å². The fourth-order valence-corrected chi connectivity index (χ4v) is 2.75. The standard InChI is InChI=1S/C14H10Cl2N2O/c15-9-5-3-6-10(16)12(9)13-17-11-7-2-1-4-8(11)14(19)18-13/h1-7,13,17H,(H,18,19)/t13-/m0/s1. The van der Waals surface area contributed by atoms with Crippen molar-refractivity contribution in [3.63, 3.8) is 0 Å². The largest absolute Gasteiger partial charge is 0.361 e. The molecule has 19 heavy (non-hydrogen) atoms. The number of amides is 1. The van der Waals surface area contributed by atoms with Crippen LogP contribution in [0.1, 0.15) is 22.1 Å². The number of hydrogen-bond acceptors (Lipinski definition) is 2. The van der Waals surface area contributed by atoms with Crippen LogP contribution >= 0.6 is 23.2 Å². The number of fused-ring (bicyclic) bond motifs is 1. The Morgan fingerprint density at radius 1 is 0.895 bits per heavy atom. The quantitative estimate of drug-likeness (QED) is 0.838. The summed E-state index contributed by atoms with van der Waals surface area (Å²) in [5.41, 5.74) is 2.06. The molecule has 0 radical (unpaired) electrons. The molecule has 1 amide bonds. The Bertz CT molecular complexity index is 637. The third-order valence-electron chi connectivity index (χ3n) is 3.04. The molecule has 1 atom stereocenters. The van der Waals surface area contributed by atoms with Gasteiger partial charge in [-0.3, -0.25) is 4.79 Å². The summed E-state index contributed by atoms with van der Waals surface area (Å²) in [5.74, 6) is -0.143. The van der Waals surface area contributed by atoms with Crippen molar-refractivity contribution < 1.29 is 4.79 Å². The first-order valence-electron chi connectivity index (χ1n) is 5.77. The molecular weight excluding hydrogens is 283 g/mol. The van der Waals surface area contributed by atoms with E-state index in [1.54, 1.807) is 24.3 Å². The smallest absolute Gasteiger partial charge is 0.255 e. The van der Waals surface area contributed by atoms with Gasteiger partial charge in [-0.25, -0.2) is 0 Å². The summed E-state index contributed by atoms with van der Waals surface area (Å²) in [7, 11) is 0. The minimum absolute atomic E-state index is 0.143. The monoisotopic (exact) mass is 292 g/mol. The maximum Gasteiger partial charge on any atom is 0.255 e. The van der Waals surface area contributed by atoms with Gasteiger partial charge in [0.2, 0.25) is 0 Å². The predicted molar refractivity (Wildman–Crippen MR) is 76.7 cm³/mol. The average Bonchev–Trinajstić information content (AvgIpc) is 2.38. The molecule has 0 saturated heterocycles. The Morgan fingerprint density at radius 3 is 2.32 bits per heavy atom. The van der Waals surface area contributed by atoms with Crippen LogP contribution in [-0.4, -0.2) is 5.91 Å². The summed E-state index contributed by atoms with van der Waals surface area (Å²) in [6, 6.07) is 12.6. The number of carbonyl (C=O) groups excluding carboxylic acids is 1. The molecule has 5 heteroatoms. The summed E-state index contributed by atoms with van der Waals surface area (Å²) in [4.78, 5) is 12.1. The van der Waals surface area contributed by atoms with Gasteiger partial charge in [0.1, 0.15) is 6.17 Å². The van der Waals surface area contributed by atoms with Gasteiger partial charge in [0.25, 0.3) is 5.91 Å². The van der Waals surface area contributed by atoms with Crippen LogP contribution < -0.4 is 10.6 Å². The molecule has 0 aromatic heterocycles. The van der Waals surface area contributed by atoms with Gasteiger partial charge in [-0.1, -0.05) is 41.4 Å². The van der Waals surface area contributed by atoms with Crippen molar-refractivity contribution in [2.75, 3.05) is 5.32 Å². The Morgan fingerprint density at radius 2 is 1.58 bits per heavy atom. The van der Waals surface area contributed by atoms with Gasteiger partial charge in [0.05, 0.1) is 5.56 Å². The number of rotatable bonds is 1. The first kappa shape index (κ1) is 12.3. The molecule has 0 fully saturated rings. The summed E-state index contributed by atoms with van der Waals surface area (Å²) in [6.45, 7) is 0. The van der Waals surface area contributed by atoms with Gasteiger partial charge in [0.15, 0.2) is 0 Å². The van der Waals surface area contributed by atoms with E-state index in [0.29, 0.717) is 21.2 Å².